The Balaban J connectivity index is 2.30. The highest BCUT2D eigenvalue weighted by molar-refractivity contribution is 5.97. The van der Waals surface area contributed by atoms with Gasteiger partial charge in [-0.05, 0) is 36.8 Å². The van der Waals surface area contributed by atoms with Crippen molar-refractivity contribution < 1.29 is 9.53 Å². The van der Waals surface area contributed by atoms with Crippen molar-refractivity contribution in [3.05, 3.63) is 41.5 Å². The van der Waals surface area contributed by atoms with Crippen molar-refractivity contribution in [2.45, 2.75) is 64.2 Å². The van der Waals surface area contributed by atoms with Crippen LogP contribution in [0.25, 0.3) is 5.57 Å². The molecule has 0 amide bonds. The van der Waals surface area contributed by atoms with E-state index >= 15 is 0 Å². The van der Waals surface area contributed by atoms with Crippen LogP contribution < -0.4 is 0 Å². The molecule has 120 valence electrons. The third-order valence-electron chi connectivity index (χ3n) is 4.52. The second-order valence-corrected chi connectivity index (χ2v) is 6.14. The van der Waals surface area contributed by atoms with Crippen LogP contribution in [-0.2, 0) is 9.53 Å². The third-order valence-corrected chi connectivity index (χ3v) is 4.52. The maximum atomic E-state index is 12.3. The summed E-state index contributed by atoms with van der Waals surface area (Å²) in [5.74, 6) is -0.143. The topological polar surface area (TPSA) is 26.3 Å². The maximum Gasteiger partial charge on any atom is 0.334 e. The van der Waals surface area contributed by atoms with Gasteiger partial charge >= 0.3 is 5.97 Å². The van der Waals surface area contributed by atoms with Crippen molar-refractivity contribution in [3.8, 4) is 0 Å². The molecule has 0 bridgehead atoms. The number of carbonyl (C=O) groups excluding carboxylic acids is 1. The van der Waals surface area contributed by atoms with Crippen LogP contribution in [0.1, 0.15) is 69.8 Å². The molecule has 1 aromatic carbocycles. The predicted molar refractivity (Wildman–Crippen MR) is 91.5 cm³/mol. The van der Waals surface area contributed by atoms with Crippen molar-refractivity contribution in [3.63, 3.8) is 0 Å². The van der Waals surface area contributed by atoms with Gasteiger partial charge in [-0.2, -0.15) is 0 Å². The Morgan fingerprint density at radius 2 is 1.36 bits per heavy atom. The largest absolute Gasteiger partial charge is 0.466 e. The molecule has 1 aromatic rings. The number of methoxy groups -OCH3 is 1. The van der Waals surface area contributed by atoms with E-state index in [0.717, 1.165) is 31.3 Å². The lowest BCUT2D eigenvalue weighted by Gasteiger charge is -2.16. The molecule has 0 heterocycles. The molecule has 0 radical (unpaired) electrons. The molecular weight excluding hydrogens is 272 g/mol. The van der Waals surface area contributed by atoms with Crippen LogP contribution in [0.15, 0.2) is 35.9 Å². The normalized spacial score (nSPS) is 21.5. The highest BCUT2D eigenvalue weighted by atomic mass is 16.5. The molecular formula is C20H28O2. The minimum atomic E-state index is -0.143. The van der Waals surface area contributed by atoms with Gasteiger partial charge < -0.3 is 4.74 Å². The molecule has 0 aliphatic heterocycles. The average molecular weight is 300 g/mol. The van der Waals surface area contributed by atoms with E-state index in [1.807, 2.05) is 18.2 Å². The van der Waals surface area contributed by atoms with E-state index in [-0.39, 0.29) is 5.97 Å². The molecule has 1 aliphatic rings. The Bertz CT molecular complexity index is 488. The Kier molecular flexibility index (Phi) is 7.21. The van der Waals surface area contributed by atoms with Gasteiger partial charge in [-0.3, -0.25) is 0 Å². The first-order valence-corrected chi connectivity index (χ1v) is 8.68. The zero-order valence-corrected chi connectivity index (χ0v) is 13.8. The van der Waals surface area contributed by atoms with Gasteiger partial charge in [-0.1, -0.05) is 68.9 Å². The first-order chi connectivity index (χ1) is 10.8. The number of ether oxygens (including phenoxy) is 1. The summed E-state index contributed by atoms with van der Waals surface area (Å²) in [6.07, 6.45) is 11.8. The Morgan fingerprint density at radius 3 is 1.95 bits per heavy atom. The Hall–Kier alpha value is -1.57. The number of rotatable bonds is 2. The molecule has 2 rings (SSSR count). The van der Waals surface area contributed by atoms with E-state index in [1.54, 1.807) is 0 Å². The molecule has 0 saturated carbocycles. The standard InChI is InChI=1S/C20H28O2/c1-22-20(21)19-16-12-7-5-3-2-4-6-11-15-18(19)17-13-9-8-10-14-17/h8-10,13-14H,2-7,11-12,15-16H2,1H3/b19-18-. The van der Waals surface area contributed by atoms with Crippen LogP contribution >= 0.6 is 0 Å². The molecule has 0 fully saturated rings. The summed E-state index contributed by atoms with van der Waals surface area (Å²) in [4.78, 5) is 12.3. The van der Waals surface area contributed by atoms with Gasteiger partial charge in [-0.15, -0.1) is 0 Å². The lowest BCUT2D eigenvalue weighted by Crippen LogP contribution is -2.08. The van der Waals surface area contributed by atoms with Crippen LogP contribution in [0, 0.1) is 0 Å². The van der Waals surface area contributed by atoms with E-state index in [1.165, 1.54) is 56.8 Å². The fourth-order valence-electron chi connectivity index (χ4n) is 3.27. The molecule has 0 saturated heterocycles. The van der Waals surface area contributed by atoms with Crippen LogP contribution in [0.2, 0.25) is 0 Å². The average Bonchev–Trinajstić information content (AvgIpc) is 2.55. The molecule has 22 heavy (non-hydrogen) atoms. The van der Waals surface area contributed by atoms with E-state index in [2.05, 4.69) is 12.1 Å². The van der Waals surface area contributed by atoms with Crippen molar-refractivity contribution in [2.75, 3.05) is 7.11 Å². The maximum absolute atomic E-state index is 12.3. The van der Waals surface area contributed by atoms with E-state index in [4.69, 9.17) is 4.74 Å². The van der Waals surface area contributed by atoms with Crippen LogP contribution in [0.3, 0.4) is 0 Å². The van der Waals surface area contributed by atoms with Crippen molar-refractivity contribution in [2.24, 2.45) is 0 Å². The zero-order valence-electron chi connectivity index (χ0n) is 13.8. The first kappa shape index (κ1) is 16.8. The summed E-state index contributed by atoms with van der Waals surface area (Å²) < 4.78 is 5.07. The van der Waals surface area contributed by atoms with Gasteiger partial charge in [0.2, 0.25) is 0 Å². The van der Waals surface area contributed by atoms with Gasteiger partial charge in [0.25, 0.3) is 0 Å². The predicted octanol–water partition coefficient (Wildman–Crippen LogP) is 5.53. The molecule has 0 aromatic heterocycles. The minimum absolute atomic E-state index is 0.143. The lowest BCUT2D eigenvalue weighted by molar-refractivity contribution is -0.136. The smallest absolute Gasteiger partial charge is 0.334 e. The summed E-state index contributed by atoms with van der Waals surface area (Å²) in [6.45, 7) is 0. The fourth-order valence-corrected chi connectivity index (χ4v) is 3.27. The number of hydrogen-bond acceptors (Lipinski definition) is 2. The van der Waals surface area contributed by atoms with Gasteiger partial charge in [0, 0.05) is 5.57 Å². The summed E-state index contributed by atoms with van der Waals surface area (Å²) in [5.41, 5.74) is 3.28. The summed E-state index contributed by atoms with van der Waals surface area (Å²) in [5, 5.41) is 0. The Morgan fingerprint density at radius 1 is 0.818 bits per heavy atom. The molecule has 0 spiro atoms. The minimum Gasteiger partial charge on any atom is -0.466 e. The highest BCUT2D eigenvalue weighted by Gasteiger charge is 2.17. The second-order valence-electron chi connectivity index (χ2n) is 6.14. The number of benzene rings is 1. The van der Waals surface area contributed by atoms with Gasteiger partial charge in [0.05, 0.1) is 7.11 Å². The van der Waals surface area contributed by atoms with Crippen LogP contribution in [0.4, 0.5) is 0 Å². The van der Waals surface area contributed by atoms with Crippen molar-refractivity contribution in [1.82, 2.24) is 0 Å². The molecule has 1 aliphatic carbocycles. The zero-order chi connectivity index (χ0) is 15.6. The van der Waals surface area contributed by atoms with E-state index in [9.17, 15) is 4.79 Å². The van der Waals surface area contributed by atoms with Gasteiger partial charge in [0.15, 0.2) is 0 Å². The first-order valence-electron chi connectivity index (χ1n) is 8.68. The summed E-state index contributed by atoms with van der Waals surface area (Å²) in [7, 11) is 1.49. The van der Waals surface area contributed by atoms with E-state index < -0.39 is 0 Å². The number of esters is 1. The summed E-state index contributed by atoms with van der Waals surface area (Å²) in [6, 6.07) is 10.4. The molecule has 2 heteroatoms. The quantitative estimate of drug-likeness (QED) is 0.671. The molecule has 0 atom stereocenters. The summed E-state index contributed by atoms with van der Waals surface area (Å²) >= 11 is 0. The van der Waals surface area contributed by atoms with Crippen molar-refractivity contribution >= 4 is 11.5 Å². The fraction of sp³-hybridized carbons (Fsp3) is 0.550. The molecule has 2 nitrogen and oxygen atoms in total. The van der Waals surface area contributed by atoms with Crippen molar-refractivity contribution in [1.29, 1.82) is 0 Å². The number of carbonyl (C=O) groups is 1. The van der Waals surface area contributed by atoms with Crippen LogP contribution in [-0.4, -0.2) is 13.1 Å². The van der Waals surface area contributed by atoms with Gasteiger partial charge in [-0.25, -0.2) is 4.79 Å². The number of hydrogen-bond donors (Lipinski definition) is 0. The van der Waals surface area contributed by atoms with Gasteiger partial charge in [0.1, 0.15) is 0 Å². The second kappa shape index (κ2) is 9.45. The highest BCUT2D eigenvalue weighted by Crippen LogP contribution is 2.29. The Labute approximate surface area is 134 Å². The SMILES string of the molecule is COC(=O)/C1=C(\c2ccccc2)CCCCCCCCCC1. The molecule has 0 N–H and O–H groups in total. The van der Waals surface area contributed by atoms with Crippen LogP contribution in [0.5, 0.6) is 0 Å². The molecule has 0 unspecified atom stereocenters. The lowest BCUT2D eigenvalue weighted by atomic mass is 9.90. The monoisotopic (exact) mass is 300 g/mol. The number of allylic oxidation sites excluding steroid dienone is 1. The van der Waals surface area contributed by atoms with E-state index in [0.29, 0.717) is 0 Å². The third kappa shape index (κ3) is 5.01.